The lowest BCUT2D eigenvalue weighted by atomic mass is 10.1. The lowest BCUT2D eigenvalue weighted by Crippen LogP contribution is -2.20. The molecule has 0 aliphatic rings. The van der Waals surface area contributed by atoms with E-state index in [4.69, 9.17) is 5.11 Å². The van der Waals surface area contributed by atoms with Crippen LogP contribution >= 0.6 is 22.6 Å². The molecule has 1 aromatic rings. The SMILES string of the molecule is O=C(O)CC(F)(F)c1cc(I)ccc1F. The molecule has 0 bridgehead atoms. The van der Waals surface area contributed by atoms with Gasteiger partial charge in [0.15, 0.2) is 0 Å². The number of carboxylic acids is 1. The van der Waals surface area contributed by atoms with E-state index in [1.165, 1.54) is 6.07 Å². The summed E-state index contributed by atoms with van der Waals surface area (Å²) in [6, 6.07) is 3.17. The molecule has 0 atom stereocenters. The van der Waals surface area contributed by atoms with Gasteiger partial charge in [-0.25, -0.2) is 13.2 Å². The van der Waals surface area contributed by atoms with Crippen LogP contribution in [0.2, 0.25) is 0 Å². The van der Waals surface area contributed by atoms with Gasteiger partial charge in [0.1, 0.15) is 12.2 Å². The summed E-state index contributed by atoms with van der Waals surface area (Å²) in [4.78, 5) is 10.2. The van der Waals surface area contributed by atoms with Crippen molar-refractivity contribution in [2.24, 2.45) is 0 Å². The minimum absolute atomic E-state index is 0.425. The average molecular weight is 330 g/mol. The lowest BCUT2D eigenvalue weighted by molar-refractivity contribution is -0.145. The van der Waals surface area contributed by atoms with E-state index in [1.54, 1.807) is 22.6 Å². The first-order chi connectivity index (χ1) is 6.83. The maximum atomic E-state index is 13.2. The molecule has 82 valence electrons. The number of halogens is 4. The number of benzene rings is 1. The molecule has 0 unspecified atom stereocenters. The van der Waals surface area contributed by atoms with Crippen molar-refractivity contribution < 1.29 is 23.1 Å². The van der Waals surface area contributed by atoms with Gasteiger partial charge >= 0.3 is 5.97 Å². The van der Waals surface area contributed by atoms with E-state index < -0.39 is 29.7 Å². The van der Waals surface area contributed by atoms with Gasteiger partial charge in [-0.1, -0.05) is 0 Å². The van der Waals surface area contributed by atoms with Crippen LogP contribution < -0.4 is 0 Å². The van der Waals surface area contributed by atoms with Gasteiger partial charge in [0, 0.05) is 3.57 Å². The fourth-order valence-electron chi connectivity index (χ4n) is 1.06. The summed E-state index contributed by atoms with van der Waals surface area (Å²) in [6.45, 7) is 0. The Morgan fingerprint density at radius 1 is 1.47 bits per heavy atom. The number of aliphatic carboxylic acids is 1. The molecule has 1 rings (SSSR count). The van der Waals surface area contributed by atoms with Crippen LogP contribution in [-0.2, 0) is 10.7 Å². The van der Waals surface area contributed by atoms with E-state index in [0.717, 1.165) is 12.1 Å². The zero-order valence-electron chi connectivity index (χ0n) is 7.31. The Labute approximate surface area is 97.2 Å². The number of carbonyl (C=O) groups is 1. The normalized spacial score (nSPS) is 11.5. The van der Waals surface area contributed by atoms with Gasteiger partial charge in [-0.05, 0) is 40.8 Å². The van der Waals surface area contributed by atoms with Crippen LogP contribution in [0.5, 0.6) is 0 Å². The molecule has 6 heteroatoms. The summed E-state index contributed by atoms with van der Waals surface area (Å²) < 4.78 is 39.9. The highest BCUT2D eigenvalue weighted by atomic mass is 127. The van der Waals surface area contributed by atoms with E-state index in [0.29, 0.717) is 3.57 Å². The largest absolute Gasteiger partial charge is 0.481 e. The monoisotopic (exact) mass is 330 g/mol. The molecule has 0 saturated heterocycles. The van der Waals surface area contributed by atoms with Gasteiger partial charge in [0.25, 0.3) is 5.92 Å². The van der Waals surface area contributed by atoms with E-state index in [2.05, 4.69) is 0 Å². The fraction of sp³-hybridized carbons (Fsp3) is 0.222. The topological polar surface area (TPSA) is 37.3 Å². The Morgan fingerprint density at radius 2 is 2.07 bits per heavy atom. The summed E-state index contributed by atoms with van der Waals surface area (Å²) in [5.74, 6) is -6.45. The lowest BCUT2D eigenvalue weighted by Gasteiger charge is -2.15. The van der Waals surface area contributed by atoms with Crippen molar-refractivity contribution in [1.82, 2.24) is 0 Å². The highest BCUT2D eigenvalue weighted by Crippen LogP contribution is 2.34. The molecule has 0 aromatic heterocycles. The van der Waals surface area contributed by atoms with Crippen LogP contribution in [0.3, 0.4) is 0 Å². The van der Waals surface area contributed by atoms with Crippen LogP contribution in [0.15, 0.2) is 18.2 Å². The van der Waals surface area contributed by atoms with Gasteiger partial charge in [-0.15, -0.1) is 0 Å². The van der Waals surface area contributed by atoms with Gasteiger partial charge in [0.2, 0.25) is 0 Å². The van der Waals surface area contributed by atoms with Gasteiger partial charge < -0.3 is 5.11 Å². The van der Waals surface area contributed by atoms with Crippen molar-refractivity contribution in [3.05, 3.63) is 33.1 Å². The first-order valence-corrected chi connectivity index (χ1v) is 4.96. The Hall–Kier alpha value is -0.790. The van der Waals surface area contributed by atoms with Crippen molar-refractivity contribution in [1.29, 1.82) is 0 Å². The van der Waals surface area contributed by atoms with Crippen molar-refractivity contribution in [3.63, 3.8) is 0 Å². The molecule has 0 spiro atoms. The summed E-state index contributed by atoms with van der Waals surface area (Å²) in [6.07, 6.45) is -1.41. The van der Waals surface area contributed by atoms with Crippen LogP contribution in [0.25, 0.3) is 0 Å². The second-order valence-corrected chi connectivity index (χ2v) is 4.14. The molecule has 0 radical (unpaired) electrons. The van der Waals surface area contributed by atoms with Crippen LogP contribution in [0, 0.1) is 9.39 Å². The molecule has 0 saturated carbocycles. The summed E-state index contributed by atoms with van der Waals surface area (Å²) in [7, 11) is 0. The molecule has 0 fully saturated rings. The number of alkyl halides is 2. The third kappa shape index (κ3) is 3.08. The van der Waals surface area contributed by atoms with Crippen LogP contribution in [0.4, 0.5) is 13.2 Å². The van der Waals surface area contributed by atoms with E-state index >= 15 is 0 Å². The average Bonchev–Trinajstić information content (AvgIpc) is 2.06. The Balaban J connectivity index is 3.13. The predicted octanol–water partition coefficient (Wildman–Crippen LogP) is 3.00. The maximum absolute atomic E-state index is 13.2. The zero-order chi connectivity index (χ0) is 11.6. The molecule has 2 nitrogen and oxygen atoms in total. The number of rotatable bonds is 3. The van der Waals surface area contributed by atoms with Crippen molar-refractivity contribution >= 4 is 28.6 Å². The Kier molecular flexibility index (Phi) is 3.58. The predicted molar refractivity (Wildman–Crippen MR) is 55.3 cm³/mol. The Bertz CT molecular complexity index is 393. The highest BCUT2D eigenvalue weighted by Gasteiger charge is 2.37. The van der Waals surface area contributed by atoms with Crippen molar-refractivity contribution in [2.45, 2.75) is 12.3 Å². The summed E-state index contributed by atoms with van der Waals surface area (Å²) >= 11 is 1.75. The molecule has 1 N–H and O–H groups in total. The first-order valence-electron chi connectivity index (χ1n) is 3.88. The second kappa shape index (κ2) is 4.38. The first kappa shape index (κ1) is 12.3. The zero-order valence-corrected chi connectivity index (χ0v) is 9.46. The number of carboxylic acid groups (broad SMARTS) is 1. The summed E-state index contributed by atoms with van der Waals surface area (Å²) in [5.41, 5.74) is -0.878. The van der Waals surface area contributed by atoms with Crippen molar-refractivity contribution in [2.75, 3.05) is 0 Å². The molecule has 0 amide bonds. The number of hydrogen-bond acceptors (Lipinski definition) is 1. The quantitative estimate of drug-likeness (QED) is 0.865. The van der Waals surface area contributed by atoms with E-state index in [1.807, 2.05) is 0 Å². The summed E-state index contributed by atoms with van der Waals surface area (Å²) in [5, 5.41) is 8.27. The third-order valence-electron chi connectivity index (χ3n) is 1.70. The number of hydrogen-bond donors (Lipinski definition) is 1. The molecular formula is C9H6F3IO2. The molecular weight excluding hydrogens is 324 g/mol. The van der Waals surface area contributed by atoms with E-state index in [-0.39, 0.29) is 0 Å². The second-order valence-electron chi connectivity index (χ2n) is 2.90. The van der Waals surface area contributed by atoms with Crippen molar-refractivity contribution in [3.8, 4) is 0 Å². The fourth-order valence-corrected chi connectivity index (χ4v) is 1.55. The minimum atomic E-state index is -3.68. The van der Waals surface area contributed by atoms with E-state index in [9.17, 15) is 18.0 Å². The Morgan fingerprint density at radius 3 is 2.60 bits per heavy atom. The van der Waals surface area contributed by atoms with Gasteiger partial charge in [-0.3, -0.25) is 4.79 Å². The van der Waals surface area contributed by atoms with Crippen LogP contribution in [0.1, 0.15) is 12.0 Å². The maximum Gasteiger partial charge on any atom is 0.309 e. The van der Waals surface area contributed by atoms with Crippen LogP contribution in [-0.4, -0.2) is 11.1 Å². The molecule has 15 heavy (non-hydrogen) atoms. The third-order valence-corrected chi connectivity index (χ3v) is 2.37. The molecule has 1 aromatic carbocycles. The standard InChI is InChI=1S/C9H6F3IO2/c10-7-2-1-5(13)3-6(7)9(11,12)4-8(14)15/h1-3H,4H2,(H,14,15). The molecule has 0 aliphatic carbocycles. The minimum Gasteiger partial charge on any atom is -0.481 e. The molecule has 0 heterocycles. The van der Waals surface area contributed by atoms with Gasteiger partial charge in [-0.2, -0.15) is 0 Å². The highest BCUT2D eigenvalue weighted by molar-refractivity contribution is 14.1. The van der Waals surface area contributed by atoms with Gasteiger partial charge in [0.05, 0.1) is 5.56 Å². The molecule has 0 aliphatic heterocycles. The smallest absolute Gasteiger partial charge is 0.309 e.